The number of benzene rings is 2. The van der Waals surface area contributed by atoms with Crippen LogP contribution in [0.4, 0.5) is 11.4 Å². The highest BCUT2D eigenvalue weighted by molar-refractivity contribution is 9.10. The third-order valence-electron chi connectivity index (χ3n) is 3.37. The normalized spacial score (nSPS) is 10.5. The van der Waals surface area contributed by atoms with Crippen molar-refractivity contribution in [3.8, 4) is 0 Å². The second-order valence-electron chi connectivity index (χ2n) is 5.17. The van der Waals surface area contributed by atoms with E-state index in [1.54, 1.807) is 19.1 Å². The fourth-order valence-corrected chi connectivity index (χ4v) is 3.11. The Morgan fingerprint density at radius 1 is 1.14 bits per heavy atom. The molecule has 0 bridgehead atoms. The van der Waals surface area contributed by atoms with E-state index in [0.29, 0.717) is 12.1 Å². The Balaban J connectivity index is 2.21. The minimum absolute atomic E-state index is 0.161. The molecule has 110 valence electrons. The maximum Gasteiger partial charge on any atom is 0.272 e. The maximum absolute atomic E-state index is 11.0. The first-order valence-corrected chi connectivity index (χ1v) is 7.42. The average molecular weight is 349 g/mol. The van der Waals surface area contributed by atoms with Crippen molar-refractivity contribution in [3.05, 3.63) is 67.2 Å². The smallest absolute Gasteiger partial charge is 0.272 e. The van der Waals surface area contributed by atoms with Gasteiger partial charge in [-0.05, 0) is 59.5 Å². The van der Waals surface area contributed by atoms with Crippen molar-refractivity contribution in [2.45, 2.75) is 27.3 Å². The molecule has 2 aromatic carbocycles. The topological polar surface area (TPSA) is 55.2 Å². The van der Waals surface area contributed by atoms with Gasteiger partial charge >= 0.3 is 0 Å². The molecular formula is C16H17BrN2O2. The van der Waals surface area contributed by atoms with E-state index < -0.39 is 0 Å². The van der Waals surface area contributed by atoms with Gasteiger partial charge in [0.1, 0.15) is 0 Å². The van der Waals surface area contributed by atoms with Gasteiger partial charge in [-0.2, -0.15) is 0 Å². The van der Waals surface area contributed by atoms with Gasteiger partial charge in [0.15, 0.2) is 0 Å². The largest absolute Gasteiger partial charge is 0.380 e. The van der Waals surface area contributed by atoms with E-state index in [2.05, 4.69) is 27.3 Å². The Kier molecular flexibility index (Phi) is 4.63. The third kappa shape index (κ3) is 3.61. The Bertz CT molecular complexity index is 676. The minimum Gasteiger partial charge on any atom is -0.380 e. The number of nitro benzene ring substituents is 1. The first-order valence-electron chi connectivity index (χ1n) is 6.63. The van der Waals surface area contributed by atoms with Crippen molar-refractivity contribution in [3.63, 3.8) is 0 Å². The molecule has 0 fully saturated rings. The quantitative estimate of drug-likeness (QED) is 0.631. The lowest BCUT2D eigenvalue weighted by Crippen LogP contribution is -2.03. The molecule has 0 unspecified atom stereocenters. The van der Waals surface area contributed by atoms with Crippen molar-refractivity contribution in [1.29, 1.82) is 0 Å². The van der Waals surface area contributed by atoms with Gasteiger partial charge in [0.05, 0.1) is 10.6 Å². The van der Waals surface area contributed by atoms with E-state index in [1.807, 2.05) is 26.0 Å². The molecule has 0 heterocycles. The summed E-state index contributed by atoms with van der Waals surface area (Å²) in [5.41, 5.74) is 5.08. The minimum atomic E-state index is -0.341. The number of anilines is 1. The van der Waals surface area contributed by atoms with E-state index in [4.69, 9.17) is 0 Å². The molecule has 4 nitrogen and oxygen atoms in total. The average Bonchev–Trinajstić information content (AvgIpc) is 2.38. The highest BCUT2D eigenvalue weighted by Gasteiger charge is 2.11. The summed E-state index contributed by atoms with van der Waals surface area (Å²) in [6, 6.07) is 9.47. The van der Waals surface area contributed by atoms with Crippen LogP contribution < -0.4 is 5.32 Å². The van der Waals surface area contributed by atoms with Crippen LogP contribution in [0.3, 0.4) is 0 Å². The fraction of sp³-hybridized carbons (Fsp3) is 0.250. The molecule has 2 rings (SSSR count). The lowest BCUT2D eigenvalue weighted by Gasteiger charge is -2.13. The summed E-state index contributed by atoms with van der Waals surface area (Å²) in [5, 5.41) is 14.3. The van der Waals surface area contributed by atoms with Crippen LogP contribution in [0, 0.1) is 30.9 Å². The third-order valence-corrected chi connectivity index (χ3v) is 4.00. The zero-order valence-corrected chi connectivity index (χ0v) is 13.8. The summed E-state index contributed by atoms with van der Waals surface area (Å²) in [6.45, 7) is 6.38. The van der Waals surface area contributed by atoms with Crippen LogP contribution in [-0.2, 0) is 6.54 Å². The van der Waals surface area contributed by atoms with Gasteiger partial charge in [0, 0.05) is 22.6 Å². The van der Waals surface area contributed by atoms with Crippen LogP contribution in [0.25, 0.3) is 0 Å². The number of nitro groups is 1. The van der Waals surface area contributed by atoms with Crippen LogP contribution >= 0.6 is 15.9 Å². The van der Waals surface area contributed by atoms with E-state index >= 15 is 0 Å². The van der Waals surface area contributed by atoms with Gasteiger partial charge in [-0.15, -0.1) is 0 Å². The lowest BCUT2D eigenvalue weighted by atomic mass is 10.1. The number of nitrogens with zero attached hydrogens (tertiary/aromatic N) is 1. The Labute approximate surface area is 132 Å². The number of aryl methyl sites for hydroxylation is 3. The van der Waals surface area contributed by atoms with Gasteiger partial charge < -0.3 is 5.32 Å². The lowest BCUT2D eigenvalue weighted by molar-refractivity contribution is -0.385. The Hall–Kier alpha value is -1.88. The van der Waals surface area contributed by atoms with Gasteiger partial charge in [-0.25, -0.2) is 0 Å². The van der Waals surface area contributed by atoms with Gasteiger partial charge in [-0.1, -0.05) is 18.2 Å². The highest BCUT2D eigenvalue weighted by atomic mass is 79.9. The van der Waals surface area contributed by atoms with Crippen molar-refractivity contribution < 1.29 is 4.92 Å². The van der Waals surface area contributed by atoms with E-state index in [0.717, 1.165) is 21.3 Å². The van der Waals surface area contributed by atoms with Crippen molar-refractivity contribution >= 4 is 27.3 Å². The number of hydrogen-bond acceptors (Lipinski definition) is 3. The molecule has 0 saturated carbocycles. The Morgan fingerprint density at radius 2 is 1.86 bits per heavy atom. The number of nitrogens with one attached hydrogen (secondary N) is 1. The van der Waals surface area contributed by atoms with Crippen LogP contribution in [-0.4, -0.2) is 4.92 Å². The van der Waals surface area contributed by atoms with Crippen molar-refractivity contribution in [2.75, 3.05) is 5.32 Å². The second-order valence-corrected chi connectivity index (χ2v) is 6.02. The molecule has 2 aromatic rings. The predicted molar refractivity (Wildman–Crippen MR) is 88.8 cm³/mol. The number of rotatable bonds is 4. The second kappa shape index (κ2) is 6.26. The van der Waals surface area contributed by atoms with Gasteiger partial charge in [0.25, 0.3) is 5.69 Å². The highest BCUT2D eigenvalue weighted by Crippen LogP contribution is 2.28. The molecule has 0 radical (unpaired) electrons. The molecule has 0 atom stereocenters. The first-order chi connectivity index (χ1) is 9.88. The van der Waals surface area contributed by atoms with E-state index in [9.17, 15) is 10.1 Å². The van der Waals surface area contributed by atoms with Crippen molar-refractivity contribution in [2.24, 2.45) is 0 Å². The van der Waals surface area contributed by atoms with Crippen LogP contribution in [0.5, 0.6) is 0 Å². The van der Waals surface area contributed by atoms with E-state index in [-0.39, 0.29) is 10.6 Å². The van der Waals surface area contributed by atoms with Crippen molar-refractivity contribution in [1.82, 2.24) is 0 Å². The zero-order chi connectivity index (χ0) is 15.6. The summed E-state index contributed by atoms with van der Waals surface area (Å²) >= 11 is 3.55. The summed E-state index contributed by atoms with van der Waals surface area (Å²) in [7, 11) is 0. The van der Waals surface area contributed by atoms with Gasteiger partial charge in [0.2, 0.25) is 0 Å². The number of hydrogen-bond donors (Lipinski definition) is 1. The fourth-order valence-electron chi connectivity index (χ4n) is 2.29. The van der Waals surface area contributed by atoms with Crippen LogP contribution in [0.2, 0.25) is 0 Å². The number of halogens is 1. The molecule has 0 aromatic heterocycles. The molecule has 0 aliphatic heterocycles. The molecule has 0 amide bonds. The molecular weight excluding hydrogens is 332 g/mol. The molecule has 5 heteroatoms. The summed E-state index contributed by atoms with van der Waals surface area (Å²) in [4.78, 5) is 10.6. The van der Waals surface area contributed by atoms with Crippen LogP contribution in [0.15, 0.2) is 34.8 Å². The molecule has 21 heavy (non-hydrogen) atoms. The monoisotopic (exact) mass is 348 g/mol. The summed E-state index contributed by atoms with van der Waals surface area (Å²) in [6.07, 6.45) is 0. The maximum atomic E-state index is 11.0. The van der Waals surface area contributed by atoms with Crippen LogP contribution in [0.1, 0.15) is 22.3 Å². The predicted octanol–water partition coefficient (Wildman–Crippen LogP) is 4.89. The Morgan fingerprint density at radius 3 is 2.48 bits per heavy atom. The SMILES string of the molecule is Cc1cc(C)c(NCc2ccc(C)c([N+](=O)[O-])c2)c(Br)c1. The molecule has 0 aliphatic rings. The summed E-state index contributed by atoms with van der Waals surface area (Å²) < 4.78 is 1.00. The molecule has 1 N–H and O–H groups in total. The molecule has 0 saturated heterocycles. The molecule has 0 aliphatic carbocycles. The first kappa shape index (κ1) is 15.5. The molecule has 0 spiro atoms. The van der Waals surface area contributed by atoms with E-state index in [1.165, 1.54) is 5.56 Å². The van der Waals surface area contributed by atoms with Gasteiger partial charge in [-0.3, -0.25) is 10.1 Å². The standard InChI is InChI=1S/C16H17BrN2O2/c1-10-6-12(3)16(14(17)7-10)18-9-13-5-4-11(2)15(8-13)19(20)21/h4-8,18H,9H2,1-3H3. The summed E-state index contributed by atoms with van der Waals surface area (Å²) in [5.74, 6) is 0. The zero-order valence-electron chi connectivity index (χ0n) is 12.2.